The second-order valence-electron chi connectivity index (χ2n) is 3.23. The quantitative estimate of drug-likeness (QED) is 0.694. The van der Waals surface area contributed by atoms with Gasteiger partial charge >= 0.3 is 0 Å². The molecule has 2 rings (SSSR count). The Morgan fingerprint density at radius 3 is 2.87 bits per heavy atom. The van der Waals surface area contributed by atoms with E-state index >= 15 is 0 Å². The lowest BCUT2D eigenvalue weighted by molar-refractivity contribution is 0.607. The molecule has 1 aromatic carbocycles. The van der Waals surface area contributed by atoms with Crippen LogP contribution >= 0.6 is 0 Å². The molecule has 1 heterocycles. The zero-order valence-electron chi connectivity index (χ0n) is 7.98. The minimum Gasteiger partial charge on any atom is -0.369 e. The number of hydrogen-bond donors (Lipinski definition) is 3. The number of nitrogens with one attached hydrogen (secondary N) is 2. The summed E-state index contributed by atoms with van der Waals surface area (Å²) in [6.07, 6.45) is 1.09. The standard InChI is InChI=1S/C8H10N4O2S/c1-15(13,14)12-5-2-3-6-7(4-5)11-8(9)10-6/h2-4,12H,1H3,(H3,9,10,11). The van der Waals surface area contributed by atoms with Crippen molar-refractivity contribution in [3.8, 4) is 0 Å². The van der Waals surface area contributed by atoms with E-state index in [4.69, 9.17) is 5.73 Å². The van der Waals surface area contributed by atoms with Crippen LogP contribution in [0.3, 0.4) is 0 Å². The average molecular weight is 226 g/mol. The van der Waals surface area contributed by atoms with Crippen LogP contribution in [-0.2, 0) is 10.0 Å². The number of H-pyrrole nitrogens is 1. The number of anilines is 2. The monoisotopic (exact) mass is 226 g/mol. The molecule has 4 N–H and O–H groups in total. The van der Waals surface area contributed by atoms with Gasteiger partial charge in [0, 0.05) is 0 Å². The minimum atomic E-state index is -3.26. The van der Waals surface area contributed by atoms with E-state index in [1.807, 2.05) is 0 Å². The summed E-state index contributed by atoms with van der Waals surface area (Å²) in [7, 11) is -3.26. The predicted octanol–water partition coefficient (Wildman–Crippen LogP) is 0.517. The number of sulfonamides is 1. The number of aromatic nitrogens is 2. The summed E-state index contributed by atoms with van der Waals surface area (Å²) in [4.78, 5) is 6.83. The van der Waals surface area contributed by atoms with Gasteiger partial charge in [-0.2, -0.15) is 0 Å². The fourth-order valence-electron chi connectivity index (χ4n) is 1.30. The third kappa shape index (κ3) is 2.18. The topological polar surface area (TPSA) is 101 Å². The molecule has 0 fully saturated rings. The van der Waals surface area contributed by atoms with Gasteiger partial charge in [-0.15, -0.1) is 0 Å². The molecule has 7 heteroatoms. The van der Waals surface area contributed by atoms with Crippen molar-refractivity contribution in [2.24, 2.45) is 0 Å². The molecule has 0 bridgehead atoms. The van der Waals surface area contributed by atoms with Gasteiger partial charge in [-0.1, -0.05) is 0 Å². The summed E-state index contributed by atoms with van der Waals surface area (Å²) in [6, 6.07) is 4.97. The van der Waals surface area contributed by atoms with E-state index in [0.717, 1.165) is 11.8 Å². The highest BCUT2D eigenvalue weighted by molar-refractivity contribution is 7.92. The van der Waals surface area contributed by atoms with Crippen LogP contribution in [0.2, 0.25) is 0 Å². The Bertz CT molecular complexity index is 602. The highest BCUT2D eigenvalue weighted by atomic mass is 32.2. The fraction of sp³-hybridized carbons (Fsp3) is 0.125. The molecule has 0 amide bonds. The molecule has 0 aliphatic heterocycles. The molecule has 1 aromatic heterocycles. The Labute approximate surface area is 86.6 Å². The highest BCUT2D eigenvalue weighted by Crippen LogP contribution is 2.18. The fourth-order valence-corrected chi connectivity index (χ4v) is 1.86. The van der Waals surface area contributed by atoms with Gasteiger partial charge in [-0.25, -0.2) is 13.4 Å². The first kappa shape index (κ1) is 9.78. The Kier molecular flexibility index (Phi) is 2.04. The molecule has 2 aromatic rings. The molecule has 0 atom stereocenters. The number of aromatic amines is 1. The third-order valence-corrected chi connectivity index (χ3v) is 2.41. The second kappa shape index (κ2) is 3.13. The average Bonchev–Trinajstić information content (AvgIpc) is 2.40. The lowest BCUT2D eigenvalue weighted by atomic mass is 10.3. The van der Waals surface area contributed by atoms with Gasteiger partial charge in [0.15, 0.2) is 5.95 Å². The van der Waals surface area contributed by atoms with Crippen molar-refractivity contribution in [1.29, 1.82) is 0 Å². The van der Waals surface area contributed by atoms with Crippen molar-refractivity contribution >= 4 is 32.7 Å². The second-order valence-corrected chi connectivity index (χ2v) is 4.98. The maximum atomic E-state index is 11.0. The molecule has 15 heavy (non-hydrogen) atoms. The van der Waals surface area contributed by atoms with Gasteiger partial charge in [-0.05, 0) is 18.2 Å². The highest BCUT2D eigenvalue weighted by Gasteiger charge is 2.04. The van der Waals surface area contributed by atoms with E-state index in [0.29, 0.717) is 17.2 Å². The number of imidazole rings is 1. The molecule has 80 valence electrons. The molecule has 0 saturated carbocycles. The van der Waals surface area contributed by atoms with Crippen LogP contribution in [0, 0.1) is 0 Å². The molecule has 0 saturated heterocycles. The summed E-state index contributed by atoms with van der Waals surface area (Å²) < 4.78 is 24.3. The first-order chi connectivity index (χ1) is 6.94. The molecule has 0 aliphatic rings. The van der Waals surface area contributed by atoms with E-state index in [1.165, 1.54) is 0 Å². The van der Waals surface area contributed by atoms with E-state index in [9.17, 15) is 8.42 Å². The van der Waals surface area contributed by atoms with Crippen molar-refractivity contribution in [3.63, 3.8) is 0 Å². The molecule has 0 aliphatic carbocycles. The van der Waals surface area contributed by atoms with Crippen molar-refractivity contribution in [3.05, 3.63) is 18.2 Å². The van der Waals surface area contributed by atoms with Crippen LogP contribution in [-0.4, -0.2) is 24.6 Å². The van der Waals surface area contributed by atoms with E-state index in [1.54, 1.807) is 18.2 Å². The summed E-state index contributed by atoms with van der Waals surface area (Å²) in [6.45, 7) is 0. The molecule has 0 spiro atoms. The normalized spacial score (nSPS) is 11.8. The zero-order valence-corrected chi connectivity index (χ0v) is 8.80. The Hall–Kier alpha value is -1.76. The van der Waals surface area contributed by atoms with Crippen molar-refractivity contribution < 1.29 is 8.42 Å². The van der Waals surface area contributed by atoms with E-state index in [2.05, 4.69) is 14.7 Å². The van der Waals surface area contributed by atoms with Gasteiger partial charge in [-0.3, -0.25) is 4.72 Å². The summed E-state index contributed by atoms with van der Waals surface area (Å²) in [5, 5.41) is 0. The van der Waals surface area contributed by atoms with E-state index in [-0.39, 0.29) is 0 Å². The van der Waals surface area contributed by atoms with Crippen molar-refractivity contribution in [2.75, 3.05) is 16.7 Å². The van der Waals surface area contributed by atoms with Gasteiger partial charge in [0.1, 0.15) is 0 Å². The third-order valence-electron chi connectivity index (χ3n) is 1.80. The van der Waals surface area contributed by atoms with Crippen LogP contribution in [0.25, 0.3) is 11.0 Å². The summed E-state index contributed by atoms with van der Waals surface area (Å²) >= 11 is 0. The Morgan fingerprint density at radius 2 is 2.20 bits per heavy atom. The van der Waals surface area contributed by atoms with Crippen LogP contribution in [0.5, 0.6) is 0 Å². The number of fused-ring (bicyclic) bond motifs is 1. The molecular weight excluding hydrogens is 216 g/mol. The smallest absolute Gasteiger partial charge is 0.229 e. The minimum absolute atomic E-state index is 0.307. The maximum absolute atomic E-state index is 11.0. The molecule has 0 unspecified atom stereocenters. The van der Waals surface area contributed by atoms with Gasteiger partial charge in [0.05, 0.1) is 23.0 Å². The number of hydrogen-bond acceptors (Lipinski definition) is 4. The van der Waals surface area contributed by atoms with Gasteiger partial charge < -0.3 is 10.7 Å². The summed E-state index contributed by atoms with van der Waals surface area (Å²) in [5.41, 5.74) is 7.33. The Morgan fingerprint density at radius 1 is 1.47 bits per heavy atom. The molecular formula is C8H10N4O2S. The van der Waals surface area contributed by atoms with Crippen molar-refractivity contribution in [2.45, 2.75) is 0 Å². The van der Waals surface area contributed by atoms with Gasteiger partial charge in [0.25, 0.3) is 0 Å². The largest absolute Gasteiger partial charge is 0.369 e. The Balaban J connectivity index is 2.47. The number of nitrogens with zero attached hydrogens (tertiary/aromatic N) is 1. The number of nitrogens with two attached hydrogens (primary N) is 1. The predicted molar refractivity (Wildman–Crippen MR) is 59.0 cm³/mol. The zero-order chi connectivity index (χ0) is 11.1. The maximum Gasteiger partial charge on any atom is 0.229 e. The van der Waals surface area contributed by atoms with Gasteiger partial charge in [0.2, 0.25) is 10.0 Å². The number of nitrogen functional groups attached to an aromatic ring is 1. The first-order valence-electron chi connectivity index (χ1n) is 4.17. The van der Waals surface area contributed by atoms with Crippen LogP contribution in [0.1, 0.15) is 0 Å². The van der Waals surface area contributed by atoms with Crippen LogP contribution in [0.4, 0.5) is 11.6 Å². The molecule has 6 nitrogen and oxygen atoms in total. The van der Waals surface area contributed by atoms with Crippen molar-refractivity contribution in [1.82, 2.24) is 9.97 Å². The SMILES string of the molecule is CS(=O)(=O)Nc1ccc2[nH]c(N)nc2c1. The number of benzene rings is 1. The molecule has 0 radical (unpaired) electrons. The summed E-state index contributed by atoms with van der Waals surface area (Å²) in [5.74, 6) is 0.307. The van der Waals surface area contributed by atoms with Crippen LogP contribution < -0.4 is 10.5 Å². The number of rotatable bonds is 2. The van der Waals surface area contributed by atoms with Crippen LogP contribution in [0.15, 0.2) is 18.2 Å². The lowest BCUT2D eigenvalue weighted by Crippen LogP contribution is -2.09. The lowest BCUT2D eigenvalue weighted by Gasteiger charge is -2.02. The van der Waals surface area contributed by atoms with E-state index < -0.39 is 10.0 Å². The first-order valence-corrected chi connectivity index (χ1v) is 6.06.